The molecule has 0 amide bonds. The van der Waals surface area contributed by atoms with Gasteiger partial charge in [0.05, 0.1) is 11.2 Å². The highest BCUT2D eigenvalue weighted by molar-refractivity contribution is 9.10. The van der Waals surface area contributed by atoms with Crippen molar-refractivity contribution in [2.24, 2.45) is 0 Å². The molecule has 0 saturated carbocycles. The molecule has 2 N–H and O–H groups in total. The molecule has 0 fully saturated rings. The summed E-state index contributed by atoms with van der Waals surface area (Å²) < 4.78 is 1.07. The first-order valence-electron chi connectivity index (χ1n) is 6.06. The quantitative estimate of drug-likeness (QED) is 0.669. The van der Waals surface area contributed by atoms with Gasteiger partial charge in [-0.3, -0.25) is 0 Å². The minimum absolute atomic E-state index is 0.813. The Hall–Kier alpha value is -1.87. The minimum atomic E-state index is 0.813. The second kappa shape index (κ2) is 4.67. The van der Waals surface area contributed by atoms with Crippen molar-refractivity contribution >= 4 is 32.5 Å². The molecule has 0 atom stereocenters. The number of fused-ring (bicyclic) bond motifs is 1. The molecule has 0 unspecified atom stereocenters. The lowest BCUT2D eigenvalue weighted by atomic mass is 10.1. The van der Waals surface area contributed by atoms with E-state index >= 15 is 0 Å². The molecular formula is C16H13BrN2. The van der Waals surface area contributed by atoms with E-state index in [2.05, 4.69) is 34.1 Å². The Morgan fingerprint density at radius 1 is 1.00 bits per heavy atom. The van der Waals surface area contributed by atoms with Crippen LogP contribution >= 0.6 is 15.9 Å². The van der Waals surface area contributed by atoms with Gasteiger partial charge in [0, 0.05) is 21.1 Å². The Morgan fingerprint density at radius 3 is 2.63 bits per heavy atom. The molecule has 3 aromatic rings. The number of nitrogen functional groups attached to an aromatic ring is 1. The van der Waals surface area contributed by atoms with Crippen molar-refractivity contribution in [3.05, 3.63) is 58.6 Å². The molecule has 94 valence electrons. The van der Waals surface area contributed by atoms with Crippen LogP contribution in [0.25, 0.3) is 22.2 Å². The standard InChI is InChI=1S/C16H13BrN2/c1-10-8-11(2-5-14(10)18)15-6-3-12-9-13(17)4-7-16(12)19-15/h2-9H,18H2,1H3. The smallest absolute Gasteiger partial charge is 0.0710 e. The van der Waals surface area contributed by atoms with Gasteiger partial charge >= 0.3 is 0 Å². The summed E-state index contributed by atoms with van der Waals surface area (Å²) in [5.74, 6) is 0. The van der Waals surface area contributed by atoms with Gasteiger partial charge in [0.25, 0.3) is 0 Å². The molecule has 0 aliphatic rings. The summed E-state index contributed by atoms with van der Waals surface area (Å²) in [5.41, 5.74) is 10.8. The zero-order valence-corrected chi connectivity index (χ0v) is 12.1. The van der Waals surface area contributed by atoms with Crippen LogP contribution in [0, 0.1) is 6.92 Å². The maximum atomic E-state index is 5.85. The van der Waals surface area contributed by atoms with Gasteiger partial charge in [0.2, 0.25) is 0 Å². The van der Waals surface area contributed by atoms with Crippen LogP contribution in [0.15, 0.2) is 53.0 Å². The van der Waals surface area contributed by atoms with Crippen molar-refractivity contribution in [2.45, 2.75) is 6.92 Å². The van der Waals surface area contributed by atoms with E-state index in [1.54, 1.807) is 0 Å². The average Bonchev–Trinajstić information content (AvgIpc) is 2.41. The molecule has 2 aromatic carbocycles. The first-order valence-corrected chi connectivity index (χ1v) is 6.85. The maximum absolute atomic E-state index is 5.85. The third kappa shape index (κ3) is 2.34. The molecule has 0 aliphatic carbocycles. The summed E-state index contributed by atoms with van der Waals surface area (Å²) in [6.07, 6.45) is 0. The van der Waals surface area contributed by atoms with Gasteiger partial charge in [-0.15, -0.1) is 0 Å². The monoisotopic (exact) mass is 312 g/mol. The number of rotatable bonds is 1. The topological polar surface area (TPSA) is 38.9 Å². The maximum Gasteiger partial charge on any atom is 0.0710 e. The van der Waals surface area contributed by atoms with E-state index in [9.17, 15) is 0 Å². The number of nitrogens with zero attached hydrogens (tertiary/aromatic N) is 1. The molecular weight excluding hydrogens is 300 g/mol. The fraction of sp³-hybridized carbons (Fsp3) is 0.0625. The molecule has 0 aliphatic heterocycles. The number of pyridine rings is 1. The van der Waals surface area contributed by atoms with Gasteiger partial charge in [0.1, 0.15) is 0 Å². The van der Waals surface area contributed by atoms with Crippen molar-refractivity contribution in [2.75, 3.05) is 5.73 Å². The zero-order valence-electron chi connectivity index (χ0n) is 10.5. The van der Waals surface area contributed by atoms with Crippen molar-refractivity contribution in [3.63, 3.8) is 0 Å². The van der Waals surface area contributed by atoms with Crippen LogP contribution < -0.4 is 5.73 Å². The van der Waals surface area contributed by atoms with Gasteiger partial charge in [-0.25, -0.2) is 4.98 Å². The number of nitrogens with two attached hydrogens (primary N) is 1. The Bertz CT molecular complexity index is 766. The predicted molar refractivity (Wildman–Crippen MR) is 84.0 cm³/mol. The number of aryl methyl sites for hydroxylation is 1. The fourth-order valence-corrected chi connectivity index (χ4v) is 2.47. The molecule has 0 spiro atoms. The summed E-state index contributed by atoms with van der Waals surface area (Å²) in [4.78, 5) is 4.70. The third-order valence-corrected chi connectivity index (χ3v) is 3.71. The lowest BCUT2D eigenvalue weighted by Crippen LogP contribution is -1.91. The summed E-state index contributed by atoms with van der Waals surface area (Å²) in [5, 5.41) is 1.13. The number of benzene rings is 2. The van der Waals surface area contributed by atoms with Crippen molar-refractivity contribution < 1.29 is 0 Å². The molecule has 19 heavy (non-hydrogen) atoms. The molecule has 2 nitrogen and oxygen atoms in total. The van der Waals surface area contributed by atoms with Gasteiger partial charge < -0.3 is 5.73 Å². The van der Waals surface area contributed by atoms with Crippen molar-refractivity contribution in [1.82, 2.24) is 4.98 Å². The van der Waals surface area contributed by atoms with Crippen LogP contribution in [-0.4, -0.2) is 4.98 Å². The summed E-state index contributed by atoms with van der Waals surface area (Å²) in [7, 11) is 0. The first kappa shape index (κ1) is 12.2. The van der Waals surface area contributed by atoms with E-state index in [1.165, 1.54) is 0 Å². The fourth-order valence-electron chi connectivity index (χ4n) is 2.09. The number of aromatic nitrogens is 1. The van der Waals surface area contributed by atoms with E-state index in [1.807, 2.05) is 37.3 Å². The normalized spacial score (nSPS) is 10.8. The predicted octanol–water partition coefficient (Wildman–Crippen LogP) is 4.55. The van der Waals surface area contributed by atoms with Gasteiger partial charge in [-0.1, -0.05) is 28.1 Å². The highest BCUT2D eigenvalue weighted by Gasteiger charge is 2.03. The van der Waals surface area contributed by atoms with Crippen LogP contribution in [0.3, 0.4) is 0 Å². The number of halogens is 1. The van der Waals surface area contributed by atoms with Gasteiger partial charge in [-0.2, -0.15) is 0 Å². The molecule has 0 radical (unpaired) electrons. The second-order valence-corrected chi connectivity index (χ2v) is 5.52. The lowest BCUT2D eigenvalue weighted by molar-refractivity contribution is 1.38. The lowest BCUT2D eigenvalue weighted by Gasteiger charge is -2.06. The Labute approximate surface area is 120 Å². The van der Waals surface area contributed by atoms with E-state index in [0.29, 0.717) is 0 Å². The summed E-state index contributed by atoms with van der Waals surface area (Å²) in [6.45, 7) is 2.01. The van der Waals surface area contributed by atoms with E-state index in [0.717, 1.165) is 37.9 Å². The van der Waals surface area contributed by atoms with E-state index in [-0.39, 0.29) is 0 Å². The van der Waals surface area contributed by atoms with Gasteiger partial charge in [-0.05, 0) is 48.9 Å². The molecule has 1 heterocycles. The van der Waals surface area contributed by atoms with Crippen LogP contribution in [-0.2, 0) is 0 Å². The summed E-state index contributed by atoms with van der Waals surface area (Å²) >= 11 is 3.47. The van der Waals surface area contributed by atoms with Crippen molar-refractivity contribution in [1.29, 1.82) is 0 Å². The zero-order chi connectivity index (χ0) is 13.4. The highest BCUT2D eigenvalue weighted by Crippen LogP contribution is 2.25. The molecule has 3 heteroatoms. The SMILES string of the molecule is Cc1cc(-c2ccc3cc(Br)ccc3n2)ccc1N. The molecule has 3 rings (SSSR count). The van der Waals surface area contributed by atoms with E-state index in [4.69, 9.17) is 10.7 Å². The second-order valence-electron chi connectivity index (χ2n) is 4.60. The number of anilines is 1. The van der Waals surface area contributed by atoms with E-state index < -0.39 is 0 Å². The molecule has 0 bridgehead atoms. The number of hydrogen-bond acceptors (Lipinski definition) is 2. The van der Waals surface area contributed by atoms with Crippen LogP contribution in [0.4, 0.5) is 5.69 Å². The highest BCUT2D eigenvalue weighted by atomic mass is 79.9. The van der Waals surface area contributed by atoms with Gasteiger partial charge in [0.15, 0.2) is 0 Å². The van der Waals surface area contributed by atoms with Crippen molar-refractivity contribution in [3.8, 4) is 11.3 Å². The first-order chi connectivity index (χ1) is 9.13. The molecule has 0 saturated heterocycles. The Morgan fingerprint density at radius 2 is 1.84 bits per heavy atom. The largest absolute Gasteiger partial charge is 0.399 e. The minimum Gasteiger partial charge on any atom is -0.399 e. The molecule has 1 aromatic heterocycles. The Kier molecular flexibility index (Phi) is 2.99. The number of hydrogen-bond donors (Lipinski definition) is 1. The Balaban J connectivity index is 2.14. The van der Waals surface area contributed by atoms with Crippen LogP contribution in [0.5, 0.6) is 0 Å². The third-order valence-electron chi connectivity index (χ3n) is 3.22. The van der Waals surface area contributed by atoms with Crippen LogP contribution in [0.2, 0.25) is 0 Å². The average molecular weight is 313 g/mol. The summed E-state index contributed by atoms with van der Waals surface area (Å²) in [6, 6.07) is 16.2. The van der Waals surface area contributed by atoms with Crippen LogP contribution in [0.1, 0.15) is 5.56 Å².